The number of nitrogens with one attached hydrogen (secondary N) is 2. The van der Waals surface area contributed by atoms with E-state index in [1.807, 2.05) is 30.3 Å². The predicted octanol–water partition coefficient (Wildman–Crippen LogP) is 2.50. The minimum Gasteiger partial charge on any atom is -0.325 e. The van der Waals surface area contributed by atoms with Crippen LogP contribution in [0, 0.1) is 5.41 Å². The van der Waals surface area contributed by atoms with Crippen molar-refractivity contribution < 1.29 is 0 Å². The van der Waals surface area contributed by atoms with Crippen molar-refractivity contribution >= 4 is 11.6 Å². The number of guanidine groups is 1. The maximum atomic E-state index is 5.54. The Bertz CT molecular complexity index is 411. The molecule has 0 saturated heterocycles. The van der Waals surface area contributed by atoms with Crippen LogP contribution >= 0.6 is 0 Å². The van der Waals surface area contributed by atoms with Crippen molar-refractivity contribution in [3.8, 4) is 0 Å². The second-order valence-electron chi connectivity index (χ2n) is 5.51. The van der Waals surface area contributed by atoms with Gasteiger partial charge in [0.05, 0.1) is 6.04 Å². The second-order valence-corrected chi connectivity index (χ2v) is 5.51. The fourth-order valence-electron chi connectivity index (χ4n) is 2.47. The zero-order valence-corrected chi connectivity index (χ0v) is 11.1. The van der Waals surface area contributed by atoms with E-state index < -0.39 is 0 Å². The lowest BCUT2D eigenvalue weighted by molar-refractivity contribution is 0.334. The quantitative estimate of drug-likeness (QED) is 0.325. The molecule has 2 rings (SSSR count). The first kappa shape index (κ1) is 12.9. The molecule has 1 atom stereocenters. The Morgan fingerprint density at radius 1 is 1.33 bits per heavy atom. The van der Waals surface area contributed by atoms with Crippen LogP contribution in [0.5, 0.6) is 0 Å². The van der Waals surface area contributed by atoms with Crippen LogP contribution in [-0.4, -0.2) is 12.0 Å². The number of hydrogen-bond donors (Lipinski definition) is 3. The van der Waals surface area contributed by atoms with Gasteiger partial charge in [-0.25, -0.2) is 10.8 Å². The average molecular weight is 246 g/mol. The molecular weight excluding hydrogens is 224 g/mol. The molecule has 1 aromatic rings. The number of aliphatic imine (C=N–C) groups is 1. The lowest BCUT2D eigenvalue weighted by Crippen LogP contribution is -2.38. The topological polar surface area (TPSA) is 62.4 Å². The first-order valence-electron chi connectivity index (χ1n) is 6.48. The summed E-state index contributed by atoms with van der Waals surface area (Å²) in [7, 11) is 0. The van der Waals surface area contributed by atoms with E-state index in [1.54, 1.807) is 0 Å². The third kappa shape index (κ3) is 3.01. The van der Waals surface area contributed by atoms with Crippen LogP contribution in [0.25, 0.3) is 0 Å². The normalized spacial score (nSPS) is 22.8. The lowest BCUT2D eigenvalue weighted by Gasteiger charge is -2.24. The van der Waals surface area contributed by atoms with Crippen molar-refractivity contribution in [2.24, 2.45) is 16.3 Å². The highest BCUT2D eigenvalue weighted by Crippen LogP contribution is 2.39. The van der Waals surface area contributed by atoms with Crippen LogP contribution in [0.1, 0.15) is 33.1 Å². The molecule has 1 aliphatic rings. The molecule has 0 heterocycles. The fourth-order valence-corrected chi connectivity index (χ4v) is 2.47. The Balaban J connectivity index is 2.09. The number of nitrogens with zero attached hydrogens (tertiary/aromatic N) is 1. The van der Waals surface area contributed by atoms with Gasteiger partial charge in [-0.15, -0.1) is 0 Å². The van der Waals surface area contributed by atoms with E-state index in [-0.39, 0.29) is 5.41 Å². The zero-order valence-electron chi connectivity index (χ0n) is 11.1. The van der Waals surface area contributed by atoms with Crippen LogP contribution in [0.15, 0.2) is 35.3 Å². The van der Waals surface area contributed by atoms with Gasteiger partial charge in [0.1, 0.15) is 0 Å². The van der Waals surface area contributed by atoms with Crippen LogP contribution in [0.4, 0.5) is 5.69 Å². The number of benzene rings is 1. The summed E-state index contributed by atoms with van der Waals surface area (Å²) in [6, 6.07) is 10.3. The first-order valence-corrected chi connectivity index (χ1v) is 6.48. The summed E-state index contributed by atoms with van der Waals surface area (Å²) < 4.78 is 0. The molecule has 0 spiro atoms. The molecule has 4 nitrogen and oxygen atoms in total. The van der Waals surface area contributed by atoms with Gasteiger partial charge in [0.15, 0.2) is 0 Å². The number of para-hydroxylation sites is 1. The Hall–Kier alpha value is -1.55. The van der Waals surface area contributed by atoms with Crippen molar-refractivity contribution in [3.63, 3.8) is 0 Å². The van der Waals surface area contributed by atoms with E-state index in [0.29, 0.717) is 12.0 Å². The summed E-state index contributed by atoms with van der Waals surface area (Å²) in [6.07, 6.45) is 3.60. The van der Waals surface area contributed by atoms with E-state index in [0.717, 1.165) is 12.1 Å². The van der Waals surface area contributed by atoms with Gasteiger partial charge in [0, 0.05) is 5.69 Å². The van der Waals surface area contributed by atoms with Gasteiger partial charge in [0.25, 0.3) is 0 Å². The molecule has 0 radical (unpaired) electrons. The van der Waals surface area contributed by atoms with Gasteiger partial charge in [-0.05, 0) is 30.4 Å². The molecule has 1 saturated carbocycles. The maximum absolute atomic E-state index is 5.54. The molecule has 98 valence electrons. The molecule has 1 fully saturated rings. The van der Waals surface area contributed by atoms with Crippen LogP contribution in [-0.2, 0) is 0 Å². The minimum absolute atomic E-state index is 0.264. The summed E-state index contributed by atoms with van der Waals surface area (Å²) >= 11 is 0. The summed E-state index contributed by atoms with van der Waals surface area (Å²) in [5.41, 5.74) is 3.91. The van der Waals surface area contributed by atoms with E-state index >= 15 is 0 Å². The molecule has 4 heteroatoms. The Labute approximate surface area is 109 Å². The predicted molar refractivity (Wildman–Crippen MR) is 76.2 cm³/mol. The van der Waals surface area contributed by atoms with Crippen molar-refractivity contribution in [2.75, 3.05) is 5.32 Å². The molecule has 1 aromatic carbocycles. The summed E-state index contributed by atoms with van der Waals surface area (Å²) in [6.45, 7) is 4.54. The van der Waals surface area contributed by atoms with Gasteiger partial charge in [-0.1, -0.05) is 38.5 Å². The minimum atomic E-state index is 0.264. The Morgan fingerprint density at radius 2 is 2.06 bits per heavy atom. The number of rotatable bonds is 2. The lowest BCUT2D eigenvalue weighted by atomic mass is 9.88. The monoisotopic (exact) mass is 246 g/mol. The standard InChI is InChI=1S/C14H22N4/c1-14(2)10-6-9-12(14)17-13(18-15)16-11-7-4-3-5-8-11/h3-5,7-8,12H,6,9-10,15H2,1-2H3,(H2,16,17,18). The molecule has 0 bridgehead atoms. The smallest absolute Gasteiger partial charge is 0.210 e. The Morgan fingerprint density at radius 3 is 2.61 bits per heavy atom. The third-order valence-corrected chi connectivity index (χ3v) is 3.66. The third-order valence-electron chi connectivity index (χ3n) is 3.66. The van der Waals surface area contributed by atoms with Gasteiger partial charge in [-0.3, -0.25) is 5.43 Å². The molecule has 1 aliphatic carbocycles. The van der Waals surface area contributed by atoms with Crippen molar-refractivity contribution in [3.05, 3.63) is 30.3 Å². The van der Waals surface area contributed by atoms with E-state index in [2.05, 4.69) is 24.6 Å². The highest BCUT2D eigenvalue weighted by molar-refractivity contribution is 5.93. The average Bonchev–Trinajstić information content (AvgIpc) is 2.69. The highest BCUT2D eigenvalue weighted by atomic mass is 15.3. The van der Waals surface area contributed by atoms with Crippen LogP contribution < -0.4 is 16.6 Å². The van der Waals surface area contributed by atoms with Gasteiger partial charge in [-0.2, -0.15) is 0 Å². The molecule has 0 amide bonds. The summed E-state index contributed by atoms with van der Waals surface area (Å²) in [4.78, 5) is 4.71. The molecule has 4 N–H and O–H groups in total. The molecule has 0 aliphatic heterocycles. The summed E-state index contributed by atoms with van der Waals surface area (Å²) in [5, 5.41) is 3.21. The number of hydrazine groups is 1. The van der Waals surface area contributed by atoms with Crippen molar-refractivity contribution in [1.29, 1.82) is 0 Å². The van der Waals surface area contributed by atoms with E-state index in [1.165, 1.54) is 12.8 Å². The number of hydrogen-bond acceptors (Lipinski definition) is 2. The van der Waals surface area contributed by atoms with Crippen molar-refractivity contribution in [2.45, 2.75) is 39.2 Å². The summed E-state index contributed by atoms with van der Waals surface area (Å²) in [5.74, 6) is 6.18. The number of anilines is 1. The second kappa shape index (κ2) is 5.40. The van der Waals surface area contributed by atoms with Gasteiger partial charge in [0.2, 0.25) is 5.96 Å². The van der Waals surface area contributed by atoms with Crippen molar-refractivity contribution in [1.82, 2.24) is 5.43 Å². The van der Waals surface area contributed by atoms with E-state index in [4.69, 9.17) is 10.8 Å². The molecule has 0 aromatic heterocycles. The number of nitrogens with two attached hydrogens (primary N) is 1. The van der Waals surface area contributed by atoms with E-state index in [9.17, 15) is 0 Å². The van der Waals surface area contributed by atoms with Crippen LogP contribution in [0.3, 0.4) is 0 Å². The van der Waals surface area contributed by atoms with Gasteiger partial charge < -0.3 is 5.32 Å². The molecule has 1 unspecified atom stereocenters. The maximum Gasteiger partial charge on any atom is 0.210 e. The SMILES string of the molecule is CC1(C)CCCC1N=C(NN)Nc1ccccc1. The molecular formula is C14H22N4. The fraction of sp³-hybridized carbons (Fsp3) is 0.500. The van der Waals surface area contributed by atoms with Crippen LogP contribution in [0.2, 0.25) is 0 Å². The highest BCUT2D eigenvalue weighted by Gasteiger charge is 2.34. The molecule has 18 heavy (non-hydrogen) atoms. The first-order chi connectivity index (χ1) is 8.62. The zero-order chi connectivity index (χ0) is 13.0. The van der Waals surface area contributed by atoms with Gasteiger partial charge >= 0.3 is 0 Å². The Kier molecular flexibility index (Phi) is 3.87. The largest absolute Gasteiger partial charge is 0.325 e.